The summed E-state index contributed by atoms with van der Waals surface area (Å²) >= 11 is 0. The van der Waals surface area contributed by atoms with Crippen LogP contribution in [0.2, 0.25) is 0 Å². The first-order chi connectivity index (χ1) is 7.49. The van der Waals surface area contributed by atoms with E-state index >= 15 is 0 Å². The van der Waals surface area contributed by atoms with Crippen LogP contribution in [-0.4, -0.2) is 10.7 Å². The van der Waals surface area contributed by atoms with Crippen molar-refractivity contribution in [1.82, 2.24) is 0 Å². The first-order valence-electron chi connectivity index (χ1n) is 7.22. The lowest BCUT2D eigenvalue weighted by molar-refractivity contribution is 0.0222. The zero-order valence-electron chi connectivity index (χ0n) is 12.8. The molecule has 1 aliphatic carbocycles. The Balaban J connectivity index is 2.42. The first kappa shape index (κ1) is 15.0. The van der Waals surface area contributed by atoms with E-state index in [0.29, 0.717) is 10.8 Å². The lowest BCUT2D eigenvalue weighted by atomic mass is 9.81. The second kappa shape index (κ2) is 4.91. The molecule has 1 nitrogen and oxygen atoms in total. The van der Waals surface area contributed by atoms with Gasteiger partial charge in [-0.2, -0.15) is 0 Å². The van der Waals surface area contributed by atoms with Gasteiger partial charge in [-0.25, -0.2) is 0 Å². The summed E-state index contributed by atoms with van der Waals surface area (Å²) in [6.45, 7) is 13.7. The van der Waals surface area contributed by atoms with E-state index in [1.807, 2.05) is 0 Å². The van der Waals surface area contributed by atoms with E-state index in [1.54, 1.807) is 0 Å². The highest BCUT2D eigenvalue weighted by atomic mass is 16.3. The summed E-state index contributed by atoms with van der Waals surface area (Å²) in [6.07, 6.45) is 6.63. The summed E-state index contributed by atoms with van der Waals surface area (Å²) in [7, 11) is 0. The second-order valence-electron chi connectivity index (χ2n) is 8.66. The van der Waals surface area contributed by atoms with Crippen LogP contribution in [0.15, 0.2) is 0 Å². The van der Waals surface area contributed by atoms with Crippen molar-refractivity contribution in [2.45, 2.75) is 85.7 Å². The molecule has 0 aromatic rings. The second-order valence-corrected chi connectivity index (χ2v) is 8.66. The average Bonchev–Trinajstić information content (AvgIpc) is 2.41. The van der Waals surface area contributed by atoms with Gasteiger partial charge >= 0.3 is 0 Å². The molecule has 2 atom stereocenters. The molecule has 0 aliphatic heterocycles. The van der Waals surface area contributed by atoms with Crippen LogP contribution in [-0.2, 0) is 0 Å². The van der Waals surface area contributed by atoms with Crippen molar-refractivity contribution in [3.63, 3.8) is 0 Å². The summed E-state index contributed by atoms with van der Waals surface area (Å²) in [4.78, 5) is 0. The molecule has 0 unspecified atom stereocenters. The Morgan fingerprint density at radius 2 is 1.65 bits per heavy atom. The third kappa shape index (κ3) is 5.90. The maximum absolute atomic E-state index is 10.6. The molecular weight excluding hydrogens is 208 g/mol. The van der Waals surface area contributed by atoms with Gasteiger partial charge in [-0.1, -0.05) is 41.5 Å². The van der Waals surface area contributed by atoms with Crippen LogP contribution in [0, 0.1) is 16.7 Å². The van der Waals surface area contributed by atoms with E-state index in [1.165, 1.54) is 12.8 Å². The Hall–Kier alpha value is -0.0400. The van der Waals surface area contributed by atoms with Crippen LogP contribution in [0.1, 0.15) is 80.1 Å². The third-order valence-electron chi connectivity index (χ3n) is 3.93. The Labute approximate surface area is 108 Å². The summed E-state index contributed by atoms with van der Waals surface area (Å²) in [5, 5.41) is 10.6. The fraction of sp³-hybridized carbons (Fsp3) is 1.00. The van der Waals surface area contributed by atoms with Gasteiger partial charge in [-0.15, -0.1) is 0 Å². The van der Waals surface area contributed by atoms with Crippen LogP contribution >= 0.6 is 0 Å². The Kier molecular flexibility index (Phi) is 4.34. The van der Waals surface area contributed by atoms with Crippen molar-refractivity contribution in [3.05, 3.63) is 0 Å². The molecule has 0 aromatic heterocycles. The van der Waals surface area contributed by atoms with Crippen LogP contribution in [0.5, 0.6) is 0 Å². The fourth-order valence-electron chi connectivity index (χ4n) is 3.09. The maximum Gasteiger partial charge on any atom is 0.0650 e. The molecule has 0 aromatic carbocycles. The Morgan fingerprint density at radius 1 is 1.06 bits per heavy atom. The van der Waals surface area contributed by atoms with Crippen LogP contribution in [0.4, 0.5) is 0 Å². The lowest BCUT2D eigenvalue weighted by Crippen LogP contribution is -2.27. The fourth-order valence-corrected chi connectivity index (χ4v) is 3.09. The Morgan fingerprint density at radius 3 is 2.12 bits per heavy atom. The van der Waals surface area contributed by atoms with Crippen LogP contribution in [0.25, 0.3) is 0 Å². The van der Waals surface area contributed by atoms with Gasteiger partial charge < -0.3 is 5.11 Å². The predicted molar refractivity (Wildman–Crippen MR) is 75.1 cm³/mol. The molecule has 102 valence electrons. The third-order valence-corrected chi connectivity index (χ3v) is 3.93. The predicted octanol–water partition coefficient (Wildman–Crippen LogP) is 4.78. The van der Waals surface area contributed by atoms with E-state index in [2.05, 4.69) is 41.5 Å². The molecule has 1 rings (SSSR count). The van der Waals surface area contributed by atoms with E-state index in [0.717, 1.165) is 31.6 Å². The summed E-state index contributed by atoms with van der Waals surface area (Å²) < 4.78 is 0. The van der Waals surface area contributed by atoms with Gasteiger partial charge in [0.1, 0.15) is 0 Å². The van der Waals surface area contributed by atoms with Gasteiger partial charge in [0.2, 0.25) is 0 Å². The number of rotatable bonds is 3. The molecule has 0 spiro atoms. The zero-order chi connectivity index (χ0) is 13.3. The standard InChI is InChI=1S/C16H32O/c1-14(2,3)9-10-16(17)8-7-13(12-16)11-15(4,5)6/h13,17H,7-12H2,1-6H3/t13-,16+/m1/s1. The number of hydrogen-bond acceptors (Lipinski definition) is 1. The number of hydrogen-bond donors (Lipinski definition) is 1. The highest BCUT2D eigenvalue weighted by Crippen LogP contribution is 2.43. The molecule has 0 radical (unpaired) electrons. The molecule has 1 fully saturated rings. The van der Waals surface area contributed by atoms with Crippen molar-refractivity contribution in [3.8, 4) is 0 Å². The normalized spacial score (nSPS) is 30.9. The first-order valence-corrected chi connectivity index (χ1v) is 7.22. The van der Waals surface area contributed by atoms with Gasteiger partial charge in [0.25, 0.3) is 0 Å². The summed E-state index contributed by atoms with van der Waals surface area (Å²) in [5.74, 6) is 0.736. The van der Waals surface area contributed by atoms with E-state index in [-0.39, 0.29) is 5.60 Å². The van der Waals surface area contributed by atoms with Crippen LogP contribution in [0.3, 0.4) is 0 Å². The monoisotopic (exact) mass is 240 g/mol. The molecule has 1 saturated carbocycles. The SMILES string of the molecule is CC(C)(C)CC[C@@]1(O)CC[C@H](CC(C)(C)C)C1. The van der Waals surface area contributed by atoms with Gasteiger partial charge in [-0.05, 0) is 55.3 Å². The molecule has 1 heteroatoms. The lowest BCUT2D eigenvalue weighted by Gasteiger charge is -2.28. The zero-order valence-corrected chi connectivity index (χ0v) is 12.8. The Bertz CT molecular complexity index is 243. The van der Waals surface area contributed by atoms with Crippen LogP contribution < -0.4 is 0 Å². The van der Waals surface area contributed by atoms with Crippen molar-refractivity contribution in [2.24, 2.45) is 16.7 Å². The van der Waals surface area contributed by atoms with Gasteiger partial charge in [0.05, 0.1) is 5.60 Å². The summed E-state index contributed by atoms with van der Waals surface area (Å²) in [5.41, 5.74) is 0.390. The van der Waals surface area contributed by atoms with Crippen molar-refractivity contribution in [2.75, 3.05) is 0 Å². The molecule has 0 saturated heterocycles. The average molecular weight is 240 g/mol. The molecule has 0 heterocycles. The quantitative estimate of drug-likeness (QED) is 0.752. The smallest absolute Gasteiger partial charge is 0.0650 e. The molecule has 1 aliphatic rings. The minimum atomic E-state index is -0.358. The van der Waals surface area contributed by atoms with Gasteiger partial charge in [0, 0.05) is 0 Å². The highest BCUT2D eigenvalue weighted by Gasteiger charge is 2.38. The number of aliphatic hydroxyl groups is 1. The van der Waals surface area contributed by atoms with E-state index in [9.17, 15) is 5.11 Å². The molecule has 17 heavy (non-hydrogen) atoms. The molecular formula is C16H32O. The van der Waals surface area contributed by atoms with Crippen molar-refractivity contribution >= 4 is 0 Å². The van der Waals surface area contributed by atoms with Gasteiger partial charge in [-0.3, -0.25) is 0 Å². The van der Waals surface area contributed by atoms with E-state index < -0.39 is 0 Å². The molecule has 0 amide bonds. The van der Waals surface area contributed by atoms with Crippen molar-refractivity contribution < 1.29 is 5.11 Å². The minimum absolute atomic E-state index is 0.345. The van der Waals surface area contributed by atoms with E-state index in [4.69, 9.17) is 0 Å². The molecule has 0 bridgehead atoms. The maximum atomic E-state index is 10.6. The summed E-state index contributed by atoms with van der Waals surface area (Å²) in [6, 6.07) is 0. The minimum Gasteiger partial charge on any atom is -0.390 e. The largest absolute Gasteiger partial charge is 0.390 e. The topological polar surface area (TPSA) is 20.2 Å². The highest BCUT2D eigenvalue weighted by molar-refractivity contribution is 4.91. The van der Waals surface area contributed by atoms with Crippen molar-refractivity contribution in [1.29, 1.82) is 0 Å². The van der Waals surface area contributed by atoms with Gasteiger partial charge in [0.15, 0.2) is 0 Å². The molecule has 1 N–H and O–H groups in total.